The molecule has 28 heavy (non-hydrogen) atoms. The Kier molecular flexibility index (Phi) is 4.60. The van der Waals surface area contributed by atoms with Gasteiger partial charge >= 0.3 is 0 Å². The first-order valence-electron chi connectivity index (χ1n) is 8.56. The van der Waals surface area contributed by atoms with Crippen LogP contribution in [0.2, 0.25) is 0 Å². The van der Waals surface area contributed by atoms with Crippen LogP contribution in [0.4, 0.5) is 14.7 Å². The number of halogens is 2. The second-order valence-electron chi connectivity index (χ2n) is 6.14. The molecule has 1 amide bonds. The highest BCUT2D eigenvalue weighted by Crippen LogP contribution is 2.28. The fourth-order valence-electron chi connectivity index (χ4n) is 3.14. The Labute approximate surface area is 158 Å². The molecule has 1 aliphatic carbocycles. The van der Waals surface area contributed by atoms with Crippen LogP contribution in [0.15, 0.2) is 30.5 Å². The topological polar surface area (TPSA) is 94.0 Å². The third-order valence-corrected chi connectivity index (χ3v) is 4.42. The van der Waals surface area contributed by atoms with Gasteiger partial charge in [0, 0.05) is 29.6 Å². The highest BCUT2D eigenvalue weighted by Gasteiger charge is 2.27. The van der Waals surface area contributed by atoms with Crippen LogP contribution in [-0.2, 0) is 12.8 Å². The van der Waals surface area contributed by atoms with E-state index in [2.05, 4.69) is 25.9 Å². The molecule has 0 spiro atoms. The van der Waals surface area contributed by atoms with E-state index < -0.39 is 17.5 Å². The predicted molar refractivity (Wildman–Crippen MR) is 95.2 cm³/mol. The van der Waals surface area contributed by atoms with Crippen molar-refractivity contribution < 1.29 is 18.3 Å². The van der Waals surface area contributed by atoms with E-state index in [9.17, 15) is 13.6 Å². The number of nitrogens with one attached hydrogen (secondary N) is 2. The molecule has 3 aromatic rings. The predicted octanol–water partition coefficient (Wildman–Crippen LogP) is 2.19. The van der Waals surface area contributed by atoms with Crippen molar-refractivity contribution >= 4 is 11.9 Å². The Morgan fingerprint density at radius 2 is 2.07 bits per heavy atom. The Bertz CT molecular complexity index is 1050. The van der Waals surface area contributed by atoms with Crippen LogP contribution in [0.25, 0.3) is 5.69 Å². The number of hydrazine groups is 1. The van der Waals surface area contributed by atoms with Gasteiger partial charge in [0.15, 0.2) is 17.3 Å². The first-order chi connectivity index (χ1) is 13.6. The third-order valence-electron chi connectivity index (χ3n) is 4.42. The average molecular weight is 386 g/mol. The number of aromatic nitrogens is 4. The van der Waals surface area contributed by atoms with Crippen molar-refractivity contribution in [1.29, 1.82) is 0 Å². The molecule has 144 valence electrons. The number of rotatable bonds is 5. The van der Waals surface area contributed by atoms with Crippen LogP contribution in [-0.4, -0.2) is 32.8 Å². The molecule has 1 aliphatic rings. The molecule has 2 aromatic heterocycles. The number of ether oxygens (including phenoxy) is 1. The normalized spacial score (nSPS) is 12.5. The van der Waals surface area contributed by atoms with Crippen LogP contribution < -0.4 is 15.6 Å². The van der Waals surface area contributed by atoms with Crippen molar-refractivity contribution in [3.05, 3.63) is 59.0 Å². The molecule has 0 aliphatic heterocycles. The monoisotopic (exact) mass is 386 g/mol. The van der Waals surface area contributed by atoms with Crippen molar-refractivity contribution in [3.63, 3.8) is 0 Å². The van der Waals surface area contributed by atoms with Gasteiger partial charge in [0.2, 0.25) is 11.8 Å². The van der Waals surface area contributed by atoms with Gasteiger partial charge in [-0.25, -0.2) is 18.4 Å². The van der Waals surface area contributed by atoms with Crippen LogP contribution in [0.3, 0.4) is 0 Å². The van der Waals surface area contributed by atoms with Gasteiger partial charge < -0.3 is 4.74 Å². The zero-order valence-corrected chi connectivity index (χ0v) is 14.9. The van der Waals surface area contributed by atoms with Crippen LogP contribution in [0.5, 0.6) is 5.88 Å². The molecule has 2 heterocycles. The number of hydrogen-bond acceptors (Lipinski definition) is 6. The maximum Gasteiger partial charge on any atom is 0.290 e. The summed E-state index contributed by atoms with van der Waals surface area (Å²) in [7, 11) is 1.47. The van der Waals surface area contributed by atoms with E-state index in [1.165, 1.54) is 24.1 Å². The maximum atomic E-state index is 13.6. The minimum absolute atomic E-state index is 0.157. The molecule has 2 N–H and O–H groups in total. The molecule has 0 unspecified atom stereocenters. The highest BCUT2D eigenvalue weighted by atomic mass is 19.2. The molecule has 0 fully saturated rings. The van der Waals surface area contributed by atoms with Gasteiger partial charge in [0.25, 0.3) is 5.91 Å². The van der Waals surface area contributed by atoms with E-state index in [-0.39, 0.29) is 11.6 Å². The smallest absolute Gasteiger partial charge is 0.290 e. The Balaban J connectivity index is 1.59. The molecule has 4 rings (SSSR count). The zero-order valence-electron chi connectivity index (χ0n) is 14.9. The van der Waals surface area contributed by atoms with Gasteiger partial charge in [-0.1, -0.05) is 0 Å². The molecule has 0 bridgehead atoms. The molecule has 0 radical (unpaired) electrons. The number of benzene rings is 1. The minimum atomic E-state index is -0.970. The quantitative estimate of drug-likeness (QED) is 0.653. The van der Waals surface area contributed by atoms with Gasteiger partial charge in [-0.05, 0) is 31.4 Å². The molecule has 0 atom stereocenters. The number of nitrogens with zero attached hydrogens (tertiary/aromatic N) is 4. The van der Waals surface area contributed by atoms with E-state index in [0.717, 1.165) is 29.8 Å². The molecule has 8 nitrogen and oxygen atoms in total. The fourth-order valence-corrected chi connectivity index (χ4v) is 3.14. The summed E-state index contributed by atoms with van der Waals surface area (Å²) in [5, 5.41) is 4.33. The van der Waals surface area contributed by atoms with Crippen LogP contribution >= 0.6 is 0 Å². The molecular formula is C18H16F2N6O2. The van der Waals surface area contributed by atoms with E-state index >= 15 is 0 Å². The van der Waals surface area contributed by atoms with E-state index in [1.54, 1.807) is 6.07 Å². The van der Waals surface area contributed by atoms with Crippen molar-refractivity contribution in [2.45, 2.75) is 19.3 Å². The Hall–Kier alpha value is -3.56. The van der Waals surface area contributed by atoms with Crippen LogP contribution in [0.1, 0.15) is 28.2 Å². The summed E-state index contributed by atoms with van der Waals surface area (Å²) in [5.74, 6) is -1.89. The van der Waals surface area contributed by atoms with Crippen LogP contribution in [0, 0.1) is 11.6 Å². The number of carbonyl (C=O) groups is 1. The average Bonchev–Trinajstić information content (AvgIpc) is 3.31. The highest BCUT2D eigenvalue weighted by molar-refractivity contribution is 5.94. The summed E-state index contributed by atoms with van der Waals surface area (Å²) in [6.07, 6.45) is 3.71. The number of fused-ring (bicyclic) bond motifs is 1. The fraction of sp³-hybridized carbons (Fsp3) is 0.222. The van der Waals surface area contributed by atoms with Gasteiger partial charge in [0.1, 0.15) is 0 Å². The largest absolute Gasteiger partial charge is 0.481 e. The van der Waals surface area contributed by atoms with E-state index in [0.29, 0.717) is 24.4 Å². The number of carbonyl (C=O) groups excluding carboxylic acids is 1. The number of hydrogen-bond donors (Lipinski definition) is 2. The summed E-state index contributed by atoms with van der Waals surface area (Å²) < 4.78 is 33.4. The molecule has 0 saturated heterocycles. The second kappa shape index (κ2) is 7.22. The van der Waals surface area contributed by atoms with E-state index in [1.807, 2.05) is 0 Å². The number of anilines is 1. The van der Waals surface area contributed by atoms with Gasteiger partial charge in [0.05, 0.1) is 12.8 Å². The van der Waals surface area contributed by atoms with Gasteiger partial charge in [-0.3, -0.25) is 15.6 Å². The second-order valence-corrected chi connectivity index (χ2v) is 6.14. The molecule has 10 heteroatoms. The Morgan fingerprint density at radius 1 is 1.21 bits per heavy atom. The number of amides is 1. The van der Waals surface area contributed by atoms with Crippen molar-refractivity contribution in [1.82, 2.24) is 25.2 Å². The molecular weight excluding hydrogens is 370 g/mol. The SMILES string of the molecule is COc1ccnc(NNC(=O)c2nn(-c3ccc(F)c(F)c3)c3c2CCC3)n1. The summed E-state index contributed by atoms with van der Waals surface area (Å²) in [5.41, 5.74) is 7.29. The Morgan fingerprint density at radius 3 is 2.86 bits per heavy atom. The van der Waals surface area contributed by atoms with Crippen molar-refractivity contribution in [2.24, 2.45) is 0 Å². The summed E-state index contributed by atoms with van der Waals surface area (Å²) in [4.78, 5) is 20.6. The third kappa shape index (κ3) is 3.24. The summed E-state index contributed by atoms with van der Waals surface area (Å²) in [6.45, 7) is 0. The number of methoxy groups -OCH3 is 1. The zero-order chi connectivity index (χ0) is 19.7. The first-order valence-corrected chi connectivity index (χ1v) is 8.56. The summed E-state index contributed by atoms with van der Waals surface area (Å²) in [6, 6.07) is 5.09. The van der Waals surface area contributed by atoms with Gasteiger partial charge in [-0.2, -0.15) is 10.1 Å². The minimum Gasteiger partial charge on any atom is -0.481 e. The maximum absolute atomic E-state index is 13.6. The van der Waals surface area contributed by atoms with Gasteiger partial charge in [-0.15, -0.1) is 0 Å². The standard InChI is InChI=1S/C18H16F2N6O2/c1-28-15-7-8-21-18(22-15)24-23-17(27)16-11-3-2-4-14(11)26(25-16)10-5-6-12(19)13(20)9-10/h5-9H,2-4H2,1H3,(H,23,27)(H,21,22,24). The van der Waals surface area contributed by atoms with Crippen molar-refractivity contribution in [3.8, 4) is 11.6 Å². The lowest BCUT2D eigenvalue weighted by Gasteiger charge is -2.07. The first kappa shape index (κ1) is 17.8. The van der Waals surface area contributed by atoms with Crippen molar-refractivity contribution in [2.75, 3.05) is 12.5 Å². The summed E-state index contributed by atoms with van der Waals surface area (Å²) >= 11 is 0. The molecule has 1 aromatic carbocycles. The lowest BCUT2D eigenvalue weighted by molar-refractivity contribution is 0.0956. The lowest BCUT2D eigenvalue weighted by atomic mass is 10.2. The van der Waals surface area contributed by atoms with E-state index in [4.69, 9.17) is 4.74 Å². The lowest BCUT2D eigenvalue weighted by Crippen LogP contribution is -2.31. The molecule has 0 saturated carbocycles.